The summed E-state index contributed by atoms with van der Waals surface area (Å²) in [7, 11) is 0. The largest absolute Gasteiger partial charge is 0.463 e. The third-order valence-electron chi connectivity index (χ3n) is 3.71. The number of furan rings is 1. The number of rotatable bonds is 4. The van der Waals surface area contributed by atoms with Crippen molar-refractivity contribution in [3.8, 4) is 11.5 Å². The standard InChI is InChI=1S/C19H15N3OS/c1-24-15-9-7-14(8-10-15)13-20-19-18(16-5-4-12-23-16)21-17-6-2-3-11-22(17)19/h2-13H,1H3/b20-13+. The molecule has 4 nitrogen and oxygen atoms in total. The second kappa shape index (κ2) is 6.37. The van der Waals surface area contributed by atoms with Crippen LogP contribution in [0.5, 0.6) is 0 Å². The van der Waals surface area contributed by atoms with E-state index in [4.69, 9.17) is 4.42 Å². The highest BCUT2D eigenvalue weighted by atomic mass is 32.2. The van der Waals surface area contributed by atoms with Crippen molar-refractivity contribution in [1.29, 1.82) is 0 Å². The normalized spacial score (nSPS) is 11.5. The molecule has 0 saturated heterocycles. The smallest absolute Gasteiger partial charge is 0.168 e. The molecule has 0 aliphatic carbocycles. The van der Waals surface area contributed by atoms with Crippen molar-refractivity contribution >= 4 is 29.4 Å². The van der Waals surface area contributed by atoms with Gasteiger partial charge in [0.2, 0.25) is 0 Å². The van der Waals surface area contributed by atoms with E-state index in [-0.39, 0.29) is 0 Å². The first-order chi connectivity index (χ1) is 11.8. The summed E-state index contributed by atoms with van der Waals surface area (Å²) in [5.74, 6) is 1.47. The van der Waals surface area contributed by atoms with Crippen molar-refractivity contribution < 1.29 is 4.42 Å². The van der Waals surface area contributed by atoms with Crippen molar-refractivity contribution in [2.75, 3.05) is 6.26 Å². The highest BCUT2D eigenvalue weighted by molar-refractivity contribution is 7.98. The Balaban J connectivity index is 1.79. The molecule has 118 valence electrons. The molecule has 0 N–H and O–H groups in total. The van der Waals surface area contributed by atoms with Gasteiger partial charge in [0.25, 0.3) is 0 Å². The molecule has 4 rings (SSSR count). The van der Waals surface area contributed by atoms with Crippen LogP contribution < -0.4 is 0 Å². The minimum absolute atomic E-state index is 0.712. The van der Waals surface area contributed by atoms with Crippen LogP contribution in [-0.2, 0) is 0 Å². The van der Waals surface area contributed by atoms with Gasteiger partial charge in [0.05, 0.1) is 6.26 Å². The summed E-state index contributed by atoms with van der Waals surface area (Å²) in [4.78, 5) is 10.6. The van der Waals surface area contributed by atoms with Crippen LogP contribution in [0.1, 0.15) is 5.56 Å². The zero-order valence-electron chi connectivity index (χ0n) is 13.1. The Bertz CT molecular complexity index is 985. The zero-order valence-corrected chi connectivity index (χ0v) is 13.9. The Morgan fingerprint density at radius 2 is 1.96 bits per heavy atom. The molecule has 0 atom stereocenters. The second-order valence-corrected chi connectivity index (χ2v) is 6.10. The quantitative estimate of drug-likeness (QED) is 0.387. The number of aliphatic imine (C=N–C) groups is 1. The van der Waals surface area contributed by atoms with E-state index < -0.39 is 0 Å². The van der Waals surface area contributed by atoms with Crippen LogP contribution in [0.4, 0.5) is 5.82 Å². The molecule has 0 saturated carbocycles. The van der Waals surface area contributed by atoms with Gasteiger partial charge >= 0.3 is 0 Å². The average Bonchev–Trinajstić information content (AvgIpc) is 3.28. The van der Waals surface area contributed by atoms with Gasteiger partial charge in [-0.15, -0.1) is 11.8 Å². The van der Waals surface area contributed by atoms with E-state index in [0.717, 1.165) is 22.7 Å². The van der Waals surface area contributed by atoms with E-state index in [0.29, 0.717) is 5.76 Å². The first kappa shape index (κ1) is 14.8. The highest BCUT2D eigenvalue weighted by Gasteiger charge is 2.14. The SMILES string of the molecule is CSc1ccc(/C=N/c2c(-c3ccco3)nc3ccccn23)cc1. The molecule has 0 amide bonds. The maximum Gasteiger partial charge on any atom is 0.168 e. The summed E-state index contributed by atoms with van der Waals surface area (Å²) in [5.41, 5.74) is 2.63. The molecule has 3 aromatic heterocycles. The molecule has 1 aromatic carbocycles. The second-order valence-electron chi connectivity index (χ2n) is 5.22. The van der Waals surface area contributed by atoms with Gasteiger partial charge in [-0.05, 0) is 48.2 Å². The Morgan fingerprint density at radius 1 is 1.08 bits per heavy atom. The van der Waals surface area contributed by atoms with Gasteiger partial charge < -0.3 is 4.42 Å². The summed E-state index contributed by atoms with van der Waals surface area (Å²) in [5, 5.41) is 0. The number of nitrogens with zero attached hydrogens (tertiary/aromatic N) is 3. The predicted molar refractivity (Wildman–Crippen MR) is 98.4 cm³/mol. The Morgan fingerprint density at radius 3 is 2.71 bits per heavy atom. The maximum atomic E-state index is 5.52. The number of imidazole rings is 1. The summed E-state index contributed by atoms with van der Waals surface area (Å²) in [6.45, 7) is 0. The van der Waals surface area contributed by atoms with Crippen LogP contribution in [0.25, 0.3) is 17.1 Å². The number of hydrogen-bond donors (Lipinski definition) is 0. The fourth-order valence-corrected chi connectivity index (χ4v) is 2.92. The average molecular weight is 333 g/mol. The Labute approximate surface area is 143 Å². The van der Waals surface area contributed by atoms with Crippen molar-refractivity contribution in [2.24, 2.45) is 4.99 Å². The lowest BCUT2D eigenvalue weighted by atomic mass is 10.2. The molecule has 4 aromatic rings. The van der Waals surface area contributed by atoms with E-state index in [1.54, 1.807) is 18.0 Å². The van der Waals surface area contributed by atoms with Crippen LogP contribution in [0.15, 0.2) is 81.4 Å². The van der Waals surface area contributed by atoms with Crippen LogP contribution in [0.3, 0.4) is 0 Å². The van der Waals surface area contributed by atoms with Crippen molar-refractivity contribution in [2.45, 2.75) is 4.90 Å². The lowest BCUT2D eigenvalue weighted by Crippen LogP contribution is -1.84. The van der Waals surface area contributed by atoms with Gasteiger partial charge in [0.15, 0.2) is 17.3 Å². The lowest BCUT2D eigenvalue weighted by Gasteiger charge is -1.99. The van der Waals surface area contributed by atoms with Crippen molar-refractivity contribution in [3.63, 3.8) is 0 Å². The van der Waals surface area contributed by atoms with E-state index in [1.807, 2.05) is 47.1 Å². The van der Waals surface area contributed by atoms with Crippen LogP contribution in [0.2, 0.25) is 0 Å². The number of aromatic nitrogens is 2. The topological polar surface area (TPSA) is 42.8 Å². The van der Waals surface area contributed by atoms with Gasteiger partial charge in [0, 0.05) is 17.3 Å². The van der Waals surface area contributed by atoms with Crippen LogP contribution in [-0.4, -0.2) is 21.9 Å². The highest BCUT2D eigenvalue weighted by Crippen LogP contribution is 2.31. The molecule has 0 aliphatic rings. The van der Waals surface area contributed by atoms with Gasteiger partial charge in [-0.1, -0.05) is 18.2 Å². The third kappa shape index (κ3) is 2.74. The summed E-state index contributed by atoms with van der Waals surface area (Å²) in [6.07, 6.45) is 7.52. The summed E-state index contributed by atoms with van der Waals surface area (Å²) in [6, 6.07) is 17.9. The maximum absolute atomic E-state index is 5.52. The minimum atomic E-state index is 0.712. The molecule has 0 spiro atoms. The Kier molecular flexibility index (Phi) is 3.92. The number of fused-ring (bicyclic) bond motifs is 1. The van der Waals surface area contributed by atoms with Gasteiger partial charge in [-0.25, -0.2) is 9.98 Å². The summed E-state index contributed by atoms with van der Waals surface area (Å²) < 4.78 is 7.48. The molecule has 0 unspecified atom stereocenters. The van der Waals surface area contributed by atoms with Crippen molar-refractivity contribution in [1.82, 2.24) is 9.38 Å². The predicted octanol–water partition coefficient (Wildman–Crippen LogP) is 5.07. The van der Waals surface area contributed by atoms with E-state index in [9.17, 15) is 0 Å². The molecule has 5 heteroatoms. The van der Waals surface area contributed by atoms with Gasteiger partial charge in [-0.3, -0.25) is 4.40 Å². The summed E-state index contributed by atoms with van der Waals surface area (Å²) >= 11 is 1.72. The molecular formula is C19H15N3OS. The van der Waals surface area contributed by atoms with Gasteiger partial charge in [0.1, 0.15) is 5.65 Å². The van der Waals surface area contributed by atoms with E-state index in [1.165, 1.54) is 4.90 Å². The molecule has 24 heavy (non-hydrogen) atoms. The lowest BCUT2D eigenvalue weighted by molar-refractivity contribution is 0.580. The molecular weight excluding hydrogens is 318 g/mol. The number of thioether (sulfide) groups is 1. The fourth-order valence-electron chi connectivity index (χ4n) is 2.51. The van der Waals surface area contributed by atoms with E-state index >= 15 is 0 Å². The molecule has 0 aliphatic heterocycles. The molecule has 3 heterocycles. The zero-order chi connectivity index (χ0) is 16.4. The third-order valence-corrected chi connectivity index (χ3v) is 4.45. The molecule has 0 radical (unpaired) electrons. The molecule has 0 fully saturated rings. The van der Waals surface area contributed by atoms with Crippen LogP contribution in [0, 0.1) is 0 Å². The fraction of sp³-hybridized carbons (Fsp3) is 0.0526. The number of benzene rings is 1. The Hall–Kier alpha value is -2.79. The first-order valence-electron chi connectivity index (χ1n) is 7.54. The van der Waals surface area contributed by atoms with Gasteiger partial charge in [-0.2, -0.15) is 0 Å². The number of hydrogen-bond acceptors (Lipinski definition) is 4. The molecule has 0 bridgehead atoms. The minimum Gasteiger partial charge on any atom is -0.463 e. The first-order valence-corrected chi connectivity index (χ1v) is 8.77. The van der Waals surface area contributed by atoms with Crippen molar-refractivity contribution in [3.05, 3.63) is 72.6 Å². The number of pyridine rings is 1. The van der Waals surface area contributed by atoms with Crippen LogP contribution >= 0.6 is 11.8 Å². The monoisotopic (exact) mass is 333 g/mol. The van der Waals surface area contributed by atoms with E-state index in [2.05, 4.69) is 40.5 Å².